The molecule has 0 radical (unpaired) electrons. The third-order valence-corrected chi connectivity index (χ3v) is 8.92. The first kappa shape index (κ1) is 34.7. The zero-order valence-corrected chi connectivity index (χ0v) is 29.3. The number of carbonyl (C=O) groups is 3. The highest BCUT2D eigenvalue weighted by Crippen LogP contribution is 2.36. The van der Waals surface area contributed by atoms with Gasteiger partial charge in [-0.15, -0.1) is 0 Å². The number of nitrogens with zero attached hydrogens (tertiary/aromatic N) is 5. The number of hydrogen-bond donors (Lipinski definition) is 1. The molecule has 1 atom stereocenters. The summed E-state index contributed by atoms with van der Waals surface area (Å²) >= 11 is 0. The number of aryl methyl sites for hydroxylation is 1. The predicted molar refractivity (Wildman–Crippen MR) is 189 cm³/mol. The third-order valence-electron chi connectivity index (χ3n) is 8.92. The van der Waals surface area contributed by atoms with E-state index in [4.69, 9.17) is 19.2 Å². The highest BCUT2D eigenvalue weighted by Gasteiger charge is 2.32. The number of likely N-dealkylation sites (tertiary alicyclic amines) is 2. The fourth-order valence-electron chi connectivity index (χ4n) is 6.49. The first-order chi connectivity index (χ1) is 24.0. The van der Waals surface area contributed by atoms with Crippen LogP contribution in [-0.4, -0.2) is 80.3 Å². The Kier molecular flexibility index (Phi) is 10.5. The molecule has 12 heteroatoms. The van der Waals surface area contributed by atoms with Gasteiger partial charge in [0.25, 0.3) is 5.91 Å². The molecule has 0 spiro atoms. The summed E-state index contributed by atoms with van der Waals surface area (Å²) in [5, 5.41) is 3.05. The molecule has 6 rings (SSSR count). The fraction of sp³-hybridized carbons (Fsp3) is 0.447. The fourth-order valence-corrected chi connectivity index (χ4v) is 6.49. The van der Waals surface area contributed by atoms with Crippen LogP contribution in [-0.2, 0) is 16.1 Å². The molecule has 0 bridgehead atoms. The van der Waals surface area contributed by atoms with E-state index in [0.29, 0.717) is 61.8 Å². The summed E-state index contributed by atoms with van der Waals surface area (Å²) in [5.74, 6) is 0.703. The Morgan fingerprint density at radius 3 is 2.42 bits per heavy atom. The first-order valence-electron chi connectivity index (χ1n) is 17.4. The number of benzene rings is 2. The van der Waals surface area contributed by atoms with Crippen LogP contribution < -0.4 is 10.1 Å². The molecule has 2 aliphatic rings. The van der Waals surface area contributed by atoms with E-state index < -0.39 is 5.60 Å². The Labute approximate surface area is 292 Å². The van der Waals surface area contributed by atoms with Crippen molar-refractivity contribution in [2.45, 2.75) is 84.2 Å². The molecule has 2 aromatic carbocycles. The summed E-state index contributed by atoms with van der Waals surface area (Å²) in [6.07, 6.45) is 4.50. The predicted octanol–water partition coefficient (Wildman–Crippen LogP) is 7.13. The summed E-state index contributed by atoms with van der Waals surface area (Å²) in [6, 6.07) is 18.5. The largest absolute Gasteiger partial charge is 0.488 e. The molecule has 0 aliphatic carbocycles. The first-order valence-corrected chi connectivity index (χ1v) is 17.4. The minimum absolute atomic E-state index is 0.146. The number of para-hydroxylation sites is 1. The molecule has 0 saturated carbocycles. The van der Waals surface area contributed by atoms with Gasteiger partial charge in [0.1, 0.15) is 29.6 Å². The van der Waals surface area contributed by atoms with Crippen molar-refractivity contribution in [3.05, 3.63) is 83.7 Å². The van der Waals surface area contributed by atoms with Gasteiger partial charge >= 0.3 is 12.2 Å². The Hall–Kier alpha value is -5.13. The monoisotopic (exact) mass is 682 g/mol. The summed E-state index contributed by atoms with van der Waals surface area (Å²) < 4.78 is 20.0. The Balaban J connectivity index is 1.25. The molecule has 2 saturated heterocycles. The van der Waals surface area contributed by atoms with Crippen LogP contribution in [0.3, 0.4) is 0 Å². The van der Waals surface area contributed by atoms with Crippen molar-refractivity contribution >= 4 is 35.1 Å². The maximum Gasteiger partial charge on any atom is 0.410 e. The molecule has 12 nitrogen and oxygen atoms in total. The van der Waals surface area contributed by atoms with Gasteiger partial charge in [-0.25, -0.2) is 14.6 Å². The number of amides is 3. The number of hydrogen-bond acceptors (Lipinski definition) is 8. The average Bonchev–Trinajstić information content (AvgIpc) is 3.28. The van der Waals surface area contributed by atoms with E-state index in [2.05, 4.69) is 10.3 Å². The zero-order valence-electron chi connectivity index (χ0n) is 29.3. The standard InChI is InChI=1S/C38H46N6O6/c1-26-23-28(16-19-39-26)34(45)41-35-40-31-14-10-15-32(33(31)44(35)29-13-8-9-20-43(24-29)37(47)50-38(2,3)4)49-30-17-21-42(22-18-30)36(46)48-25-27-11-6-5-7-12-27/h5-7,10-12,14-16,19,23,29-30H,8-9,13,17-18,20-22,24-25H2,1-4H3,(H,40,41,45)/t29-/m1/s1. The van der Waals surface area contributed by atoms with Crippen LogP contribution in [0.15, 0.2) is 66.9 Å². The maximum atomic E-state index is 13.5. The molecule has 2 fully saturated rings. The average molecular weight is 683 g/mol. The van der Waals surface area contributed by atoms with Crippen molar-refractivity contribution in [1.29, 1.82) is 0 Å². The highest BCUT2D eigenvalue weighted by molar-refractivity contribution is 6.04. The lowest BCUT2D eigenvalue weighted by molar-refractivity contribution is 0.0238. The number of rotatable bonds is 7. The van der Waals surface area contributed by atoms with Gasteiger partial charge in [0, 0.05) is 56.5 Å². The van der Waals surface area contributed by atoms with Gasteiger partial charge in [-0.3, -0.25) is 15.1 Å². The normalized spacial score (nSPS) is 17.2. The smallest absolute Gasteiger partial charge is 0.410 e. The second-order valence-electron chi connectivity index (χ2n) is 14.0. The van der Waals surface area contributed by atoms with Gasteiger partial charge in [0.05, 0.1) is 11.6 Å². The SMILES string of the molecule is Cc1cc(C(=O)Nc2nc3cccc(OC4CCN(C(=O)OCc5ccccc5)CC4)c3n2[C@@H]2CCCCN(C(=O)OC(C)(C)C)C2)ccn1. The van der Waals surface area contributed by atoms with Crippen LogP contribution in [0.4, 0.5) is 15.5 Å². The van der Waals surface area contributed by atoms with E-state index in [1.165, 1.54) is 0 Å². The van der Waals surface area contributed by atoms with E-state index in [0.717, 1.165) is 36.0 Å². The van der Waals surface area contributed by atoms with Gasteiger partial charge in [-0.2, -0.15) is 0 Å². The Bertz CT molecular complexity index is 1810. The van der Waals surface area contributed by atoms with Crippen LogP contribution in [0, 0.1) is 6.92 Å². The van der Waals surface area contributed by atoms with Crippen molar-refractivity contribution in [3.63, 3.8) is 0 Å². The van der Waals surface area contributed by atoms with Crippen molar-refractivity contribution in [1.82, 2.24) is 24.3 Å². The quantitative estimate of drug-likeness (QED) is 0.218. The van der Waals surface area contributed by atoms with E-state index in [1.54, 1.807) is 28.1 Å². The Morgan fingerprint density at radius 1 is 0.900 bits per heavy atom. The lowest BCUT2D eigenvalue weighted by Crippen LogP contribution is -2.42. The number of fused-ring (bicyclic) bond motifs is 1. The van der Waals surface area contributed by atoms with Crippen LogP contribution in [0.25, 0.3) is 11.0 Å². The van der Waals surface area contributed by atoms with Crippen molar-refractivity contribution in [3.8, 4) is 5.75 Å². The molecule has 4 aromatic rings. The van der Waals surface area contributed by atoms with E-state index in [9.17, 15) is 14.4 Å². The van der Waals surface area contributed by atoms with Crippen LogP contribution in [0.1, 0.15) is 80.5 Å². The second-order valence-corrected chi connectivity index (χ2v) is 14.0. The molecule has 2 aromatic heterocycles. The number of imidazole rings is 1. The van der Waals surface area contributed by atoms with E-state index in [-0.39, 0.29) is 36.8 Å². The van der Waals surface area contributed by atoms with Crippen molar-refractivity contribution in [2.24, 2.45) is 0 Å². The number of piperidine rings is 1. The number of ether oxygens (including phenoxy) is 3. The summed E-state index contributed by atoms with van der Waals surface area (Å²) in [5.41, 5.74) is 2.93. The van der Waals surface area contributed by atoms with Gasteiger partial charge in [0.2, 0.25) is 5.95 Å². The third kappa shape index (κ3) is 8.53. The minimum atomic E-state index is -0.627. The zero-order chi connectivity index (χ0) is 35.3. The van der Waals surface area contributed by atoms with Gasteiger partial charge < -0.3 is 28.6 Å². The lowest BCUT2D eigenvalue weighted by atomic mass is 10.1. The summed E-state index contributed by atoms with van der Waals surface area (Å²) in [7, 11) is 0. The van der Waals surface area contributed by atoms with Gasteiger partial charge in [-0.1, -0.05) is 36.4 Å². The molecule has 264 valence electrons. The number of carbonyl (C=O) groups excluding carboxylic acids is 3. The van der Waals surface area contributed by atoms with Crippen LogP contribution >= 0.6 is 0 Å². The molecule has 3 amide bonds. The molecule has 2 aliphatic heterocycles. The van der Waals surface area contributed by atoms with Crippen LogP contribution in [0.5, 0.6) is 5.75 Å². The molecular formula is C38H46N6O6. The van der Waals surface area contributed by atoms with Crippen molar-refractivity contribution < 1.29 is 28.6 Å². The molecule has 1 N–H and O–H groups in total. The Morgan fingerprint density at radius 2 is 1.68 bits per heavy atom. The maximum absolute atomic E-state index is 13.5. The molecule has 50 heavy (non-hydrogen) atoms. The van der Waals surface area contributed by atoms with Crippen LogP contribution in [0.2, 0.25) is 0 Å². The number of nitrogens with one attached hydrogen (secondary N) is 1. The lowest BCUT2D eigenvalue weighted by Gasteiger charge is -2.32. The van der Waals surface area contributed by atoms with E-state index >= 15 is 0 Å². The van der Waals surface area contributed by atoms with Crippen molar-refractivity contribution in [2.75, 3.05) is 31.5 Å². The number of aromatic nitrogens is 3. The summed E-state index contributed by atoms with van der Waals surface area (Å²) in [6.45, 7) is 9.63. The second kappa shape index (κ2) is 15.2. The van der Waals surface area contributed by atoms with Gasteiger partial charge in [0.15, 0.2) is 0 Å². The molecule has 0 unspecified atom stereocenters. The topological polar surface area (TPSA) is 128 Å². The van der Waals surface area contributed by atoms with E-state index in [1.807, 2.05) is 80.8 Å². The minimum Gasteiger partial charge on any atom is -0.488 e. The molecule has 4 heterocycles. The van der Waals surface area contributed by atoms with Gasteiger partial charge in [-0.05, 0) is 76.8 Å². The summed E-state index contributed by atoms with van der Waals surface area (Å²) in [4.78, 5) is 52.2. The number of pyridine rings is 1. The highest BCUT2D eigenvalue weighted by atomic mass is 16.6. The molecular weight excluding hydrogens is 636 g/mol. The number of anilines is 1.